The zero-order valence-electron chi connectivity index (χ0n) is 11.2. The fraction of sp³-hybridized carbons (Fsp3) is 0.0667. The molecule has 0 atom stereocenters. The van der Waals surface area contributed by atoms with E-state index >= 15 is 0 Å². The van der Waals surface area contributed by atoms with Crippen LogP contribution in [0.15, 0.2) is 53.0 Å². The van der Waals surface area contributed by atoms with Gasteiger partial charge in [0.25, 0.3) is 0 Å². The molecule has 0 fully saturated rings. The second-order valence-corrected chi connectivity index (χ2v) is 4.99. The summed E-state index contributed by atoms with van der Waals surface area (Å²) < 4.78 is 5.42. The predicted octanol–water partition coefficient (Wildman–Crippen LogP) is 3.88. The zero-order chi connectivity index (χ0) is 15.2. The van der Waals surface area contributed by atoms with Crippen molar-refractivity contribution >= 4 is 39.3 Å². The van der Waals surface area contributed by atoms with E-state index < -0.39 is 12.0 Å². The van der Waals surface area contributed by atoms with Crippen LogP contribution in [-0.4, -0.2) is 19.1 Å². The molecule has 0 radical (unpaired) electrons. The van der Waals surface area contributed by atoms with Crippen LogP contribution >= 0.6 is 15.9 Å². The maximum atomic E-state index is 11.9. The Morgan fingerprint density at radius 1 is 1.05 bits per heavy atom. The number of carbonyl (C=O) groups excluding carboxylic acids is 2. The first-order valence-corrected chi connectivity index (χ1v) is 6.90. The van der Waals surface area contributed by atoms with Crippen molar-refractivity contribution in [2.75, 3.05) is 17.7 Å². The van der Waals surface area contributed by atoms with Crippen LogP contribution in [0.5, 0.6) is 0 Å². The molecule has 0 heterocycles. The van der Waals surface area contributed by atoms with Crippen LogP contribution in [-0.2, 0) is 4.74 Å². The van der Waals surface area contributed by atoms with Crippen molar-refractivity contribution in [2.24, 2.45) is 0 Å². The smallest absolute Gasteiger partial charge is 0.337 e. The van der Waals surface area contributed by atoms with Gasteiger partial charge in [0, 0.05) is 10.2 Å². The molecule has 0 aromatic heterocycles. The summed E-state index contributed by atoms with van der Waals surface area (Å²) in [5, 5.41) is 5.37. The van der Waals surface area contributed by atoms with Gasteiger partial charge < -0.3 is 15.4 Å². The molecule has 6 heteroatoms. The van der Waals surface area contributed by atoms with E-state index in [-0.39, 0.29) is 0 Å². The molecule has 108 valence electrons. The highest BCUT2D eigenvalue weighted by atomic mass is 79.9. The number of amides is 2. The van der Waals surface area contributed by atoms with Crippen LogP contribution in [0, 0.1) is 0 Å². The Morgan fingerprint density at radius 2 is 1.81 bits per heavy atom. The maximum Gasteiger partial charge on any atom is 0.337 e. The van der Waals surface area contributed by atoms with E-state index in [2.05, 4.69) is 31.3 Å². The van der Waals surface area contributed by atoms with Gasteiger partial charge in [0.1, 0.15) is 0 Å². The molecular weight excluding hydrogens is 336 g/mol. The molecule has 2 N–H and O–H groups in total. The van der Waals surface area contributed by atoms with Crippen LogP contribution < -0.4 is 10.6 Å². The average molecular weight is 349 g/mol. The lowest BCUT2D eigenvalue weighted by atomic mass is 10.2. The fourth-order valence-corrected chi connectivity index (χ4v) is 2.07. The molecule has 0 aliphatic heterocycles. The number of para-hydroxylation sites is 1. The summed E-state index contributed by atoms with van der Waals surface area (Å²) in [6.45, 7) is 0. The van der Waals surface area contributed by atoms with Crippen molar-refractivity contribution in [3.05, 3.63) is 58.6 Å². The third-order valence-corrected chi connectivity index (χ3v) is 3.36. The second-order valence-electron chi connectivity index (χ2n) is 4.13. The van der Waals surface area contributed by atoms with E-state index in [1.54, 1.807) is 30.3 Å². The summed E-state index contributed by atoms with van der Waals surface area (Å²) in [5.41, 5.74) is 1.53. The zero-order valence-corrected chi connectivity index (χ0v) is 12.8. The summed E-state index contributed by atoms with van der Waals surface area (Å²) in [6, 6.07) is 13.4. The maximum absolute atomic E-state index is 11.9. The average Bonchev–Trinajstić information content (AvgIpc) is 2.49. The van der Waals surface area contributed by atoms with Gasteiger partial charge in [-0.15, -0.1) is 0 Å². The van der Waals surface area contributed by atoms with Gasteiger partial charge in [-0.2, -0.15) is 0 Å². The van der Waals surface area contributed by atoms with Crippen LogP contribution in [0.1, 0.15) is 10.4 Å². The van der Waals surface area contributed by atoms with Gasteiger partial charge in [-0.05, 0) is 46.3 Å². The molecule has 21 heavy (non-hydrogen) atoms. The topological polar surface area (TPSA) is 67.4 Å². The Bertz CT molecular complexity index is 673. The van der Waals surface area contributed by atoms with Gasteiger partial charge in [-0.25, -0.2) is 9.59 Å². The Morgan fingerprint density at radius 3 is 2.52 bits per heavy atom. The van der Waals surface area contributed by atoms with E-state index in [4.69, 9.17) is 0 Å². The van der Waals surface area contributed by atoms with E-state index in [9.17, 15) is 9.59 Å². The van der Waals surface area contributed by atoms with E-state index in [1.165, 1.54) is 7.11 Å². The van der Waals surface area contributed by atoms with Crippen LogP contribution in [0.2, 0.25) is 0 Å². The third kappa shape index (κ3) is 4.06. The van der Waals surface area contributed by atoms with Crippen molar-refractivity contribution in [1.82, 2.24) is 0 Å². The molecule has 0 spiro atoms. The Kier molecular flexibility index (Phi) is 4.94. The number of halogens is 1. The second kappa shape index (κ2) is 6.90. The van der Waals surface area contributed by atoms with Gasteiger partial charge in [0.05, 0.1) is 18.4 Å². The fourth-order valence-electron chi connectivity index (χ4n) is 1.69. The van der Waals surface area contributed by atoms with Crippen LogP contribution in [0.25, 0.3) is 0 Å². The number of nitrogens with one attached hydrogen (secondary N) is 2. The molecule has 0 aliphatic rings. The molecule has 0 unspecified atom stereocenters. The van der Waals surface area contributed by atoms with Crippen LogP contribution in [0.4, 0.5) is 16.2 Å². The number of esters is 1. The first-order chi connectivity index (χ1) is 10.1. The number of anilines is 2. The van der Waals surface area contributed by atoms with Crippen LogP contribution in [0.3, 0.4) is 0 Å². The minimum absolute atomic E-state index is 0.371. The standard InChI is InChI=1S/C15H13BrN2O3/c1-21-14(19)10-5-4-6-11(9-10)17-15(20)18-13-8-3-2-7-12(13)16/h2-9H,1H3,(H2,17,18,20). The molecular formula is C15H13BrN2O3. The number of hydrogen-bond donors (Lipinski definition) is 2. The monoisotopic (exact) mass is 348 g/mol. The van der Waals surface area contributed by atoms with E-state index in [0.717, 1.165) is 4.47 Å². The predicted molar refractivity (Wildman–Crippen MR) is 84.6 cm³/mol. The Balaban J connectivity index is 2.06. The highest BCUT2D eigenvalue weighted by Crippen LogP contribution is 2.21. The highest BCUT2D eigenvalue weighted by Gasteiger charge is 2.08. The minimum Gasteiger partial charge on any atom is -0.465 e. The minimum atomic E-state index is -0.454. The summed E-state index contributed by atoms with van der Waals surface area (Å²) in [4.78, 5) is 23.4. The van der Waals surface area contributed by atoms with Gasteiger partial charge >= 0.3 is 12.0 Å². The first kappa shape index (κ1) is 15.1. The van der Waals surface area contributed by atoms with Crippen molar-refractivity contribution < 1.29 is 14.3 Å². The number of benzene rings is 2. The summed E-state index contributed by atoms with van der Waals surface area (Å²) >= 11 is 3.35. The molecule has 5 nitrogen and oxygen atoms in total. The van der Waals surface area contributed by atoms with Gasteiger partial charge in [-0.3, -0.25) is 0 Å². The molecule has 0 saturated carbocycles. The largest absolute Gasteiger partial charge is 0.465 e. The number of carbonyl (C=O) groups is 2. The highest BCUT2D eigenvalue weighted by molar-refractivity contribution is 9.10. The molecule has 2 aromatic rings. The Labute approximate surface area is 130 Å². The van der Waals surface area contributed by atoms with Crippen molar-refractivity contribution in [2.45, 2.75) is 0 Å². The molecule has 2 aromatic carbocycles. The molecule has 0 aliphatic carbocycles. The normalized spacial score (nSPS) is 9.81. The molecule has 0 bridgehead atoms. The van der Waals surface area contributed by atoms with Gasteiger partial charge in [0.2, 0.25) is 0 Å². The van der Waals surface area contributed by atoms with E-state index in [0.29, 0.717) is 16.9 Å². The number of rotatable bonds is 3. The summed E-state index contributed by atoms with van der Waals surface area (Å²) in [7, 11) is 1.31. The van der Waals surface area contributed by atoms with Crippen molar-refractivity contribution in [3.8, 4) is 0 Å². The first-order valence-electron chi connectivity index (χ1n) is 6.11. The number of urea groups is 1. The summed E-state index contributed by atoms with van der Waals surface area (Å²) in [5.74, 6) is -0.454. The SMILES string of the molecule is COC(=O)c1cccc(NC(=O)Nc2ccccc2Br)c1. The lowest BCUT2D eigenvalue weighted by Crippen LogP contribution is -2.19. The molecule has 2 amide bonds. The lowest BCUT2D eigenvalue weighted by molar-refractivity contribution is 0.0600. The number of hydrogen-bond acceptors (Lipinski definition) is 3. The van der Waals surface area contributed by atoms with Gasteiger partial charge in [0.15, 0.2) is 0 Å². The van der Waals surface area contributed by atoms with E-state index in [1.807, 2.05) is 18.2 Å². The van der Waals surface area contributed by atoms with Crippen molar-refractivity contribution in [1.29, 1.82) is 0 Å². The molecule has 0 saturated heterocycles. The summed E-state index contributed by atoms with van der Waals surface area (Å²) in [6.07, 6.45) is 0. The quantitative estimate of drug-likeness (QED) is 0.827. The van der Waals surface area contributed by atoms with Gasteiger partial charge in [-0.1, -0.05) is 18.2 Å². The number of ether oxygens (including phenoxy) is 1. The molecule has 2 rings (SSSR count). The number of methoxy groups -OCH3 is 1. The lowest BCUT2D eigenvalue weighted by Gasteiger charge is -2.09. The van der Waals surface area contributed by atoms with Crippen molar-refractivity contribution in [3.63, 3.8) is 0 Å². The Hall–Kier alpha value is -2.34. The third-order valence-electron chi connectivity index (χ3n) is 2.66.